The number of hydrogen-bond donors (Lipinski definition) is 0. The molecule has 0 amide bonds. The second-order valence-corrected chi connectivity index (χ2v) is 18.7. The molecule has 0 spiro atoms. The maximum absolute atomic E-state index is 12.9. The van der Waals surface area contributed by atoms with Crippen LogP contribution >= 0.6 is 57.1 Å². The Labute approximate surface area is 332 Å². The molecule has 5 aromatic heterocycles. The SMILES string of the molecule is CCCCCCCCCCCc1csc2cc(-c3c([N+](=O)[O-])c([N+](=O)[O-])c(-c4cc5scc(CCCCCCCCCCC)c5s4)c4nsnc34)sc12. The number of aryl methyl sites for hydroxylation is 2. The van der Waals surface area contributed by atoms with Crippen LogP contribution in [-0.2, 0) is 12.8 Å². The number of fused-ring (bicyclic) bond motifs is 3. The summed E-state index contributed by atoms with van der Waals surface area (Å²) in [6, 6.07) is 3.91. The van der Waals surface area contributed by atoms with E-state index in [-0.39, 0.29) is 11.1 Å². The van der Waals surface area contributed by atoms with Crippen LogP contribution in [0.15, 0.2) is 22.9 Å². The van der Waals surface area contributed by atoms with E-state index in [1.807, 2.05) is 12.1 Å². The number of aromatic nitrogens is 2. The molecule has 0 aliphatic heterocycles. The molecular formula is C40H50N4O4S5. The number of thiophene rings is 4. The monoisotopic (exact) mass is 810 g/mol. The summed E-state index contributed by atoms with van der Waals surface area (Å²) in [5.74, 6) is 0. The highest BCUT2D eigenvalue weighted by Gasteiger charge is 2.40. The summed E-state index contributed by atoms with van der Waals surface area (Å²) in [5, 5.41) is 30.2. The average Bonchev–Trinajstić information content (AvgIpc) is 3.98. The summed E-state index contributed by atoms with van der Waals surface area (Å²) in [7, 11) is 0. The van der Waals surface area contributed by atoms with Crippen LogP contribution in [0.5, 0.6) is 0 Å². The van der Waals surface area contributed by atoms with Gasteiger partial charge in [0.1, 0.15) is 22.2 Å². The van der Waals surface area contributed by atoms with Crippen LogP contribution in [0, 0.1) is 20.2 Å². The second-order valence-electron chi connectivity index (χ2n) is 14.2. The number of benzene rings is 1. The highest BCUT2D eigenvalue weighted by atomic mass is 32.1. The van der Waals surface area contributed by atoms with Gasteiger partial charge in [0.2, 0.25) is 0 Å². The minimum Gasteiger partial charge on any atom is -0.258 e. The molecule has 0 fully saturated rings. The zero-order valence-electron chi connectivity index (χ0n) is 30.9. The van der Waals surface area contributed by atoms with Gasteiger partial charge in [-0.05, 0) is 59.7 Å². The van der Waals surface area contributed by atoms with Crippen LogP contribution in [0.3, 0.4) is 0 Å². The molecule has 0 saturated heterocycles. The third-order valence-electron chi connectivity index (χ3n) is 10.3. The molecule has 1 aromatic carbocycles. The van der Waals surface area contributed by atoms with Gasteiger partial charge in [0.05, 0.1) is 21.6 Å². The van der Waals surface area contributed by atoms with Crippen LogP contribution in [0.4, 0.5) is 11.4 Å². The van der Waals surface area contributed by atoms with Gasteiger partial charge in [-0.15, -0.1) is 45.3 Å². The zero-order chi connectivity index (χ0) is 37.2. The number of hydrogen-bond acceptors (Lipinski definition) is 11. The summed E-state index contributed by atoms with van der Waals surface area (Å²) in [6.45, 7) is 4.49. The van der Waals surface area contributed by atoms with Crippen molar-refractivity contribution in [2.45, 2.75) is 142 Å². The Morgan fingerprint density at radius 3 is 1.26 bits per heavy atom. The van der Waals surface area contributed by atoms with Crippen LogP contribution in [0.2, 0.25) is 0 Å². The van der Waals surface area contributed by atoms with Crippen molar-refractivity contribution in [1.82, 2.24) is 8.75 Å². The second kappa shape index (κ2) is 19.7. The summed E-state index contributed by atoms with van der Waals surface area (Å²) in [5.41, 5.74) is 2.66. The molecule has 5 heterocycles. The third-order valence-corrected chi connectivity index (χ3v) is 15.5. The van der Waals surface area contributed by atoms with Gasteiger partial charge in [0.25, 0.3) is 0 Å². The van der Waals surface area contributed by atoms with Crippen LogP contribution in [-0.4, -0.2) is 18.6 Å². The molecule has 53 heavy (non-hydrogen) atoms. The van der Waals surface area contributed by atoms with Gasteiger partial charge in [-0.2, -0.15) is 8.75 Å². The van der Waals surface area contributed by atoms with Gasteiger partial charge in [-0.1, -0.05) is 117 Å². The van der Waals surface area contributed by atoms with E-state index in [1.165, 1.54) is 137 Å². The maximum Gasteiger partial charge on any atom is 0.357 e. The lowest BCUT2D eigenvalue weighted by Gasteiger charge is -2.07. The van der Waals surface area contributed by atoms with Gasteiger partial charge in [-0.3, -0.25) is 20.2 Å². The first kappa shape index (κ1) is 39.8. The molecule has 0 aliphatic rings. The van der Waals surface area contributed by atoms with Gasteiger partial charge >= 0.3 is 11.4 Å². The zero-order valence-corrected chi connectivity index (χ0v) is 35.0. The van der Waals surface area contributed by atoms with Crippen molar-refractivity contribution >= 4 is 98.3 Å². The van der Waals surface area contributed by atoms with Crippen molar-refractivity contribution in [1.29, 1.82) is 0 Å². The lowest BCUT2D eigenvalue weighted by Crippen LogP contribution is -2.02. The number of nitro groups is 2. The number of rotatable bonds is 24. The van der Waals surface area contributed by atoms with E-state index in [0.29, 0.717) is 20.8 Å². The summed E-state index contributed by atoms with van der Waals surface area (Å²) in [4.78, 5) is 25.9. The Morgan fingerprint density at radius 2 is 0.906 bits per heavy atom. The molecule has 284 valence electrons. The topological polar surface area (TPSA) is 112 Å². The van der Waals surface area contributed by atoms with Crippen molar-refractivity contribution in [2.75, 3.05) is 0 Å². The molecule has 0 radical (unpaired) electrons. The first-order valence-electron chi connectivity index (χ1n) is 19.5. The molecule has 0 N–H and O–H groups in total. The highest BCUT2D eigenvalue weighted by Crippen LogP contribution is 2.54. The first-order chi connectivity index (χ1) is 25.9. The molecule has 6 rings (SSSR count). The minimum absolute atomic E-state index is 0.209. The molecule has 0 aliphatic carbocycles. The van der Waals surface area contributed by atoms with Crippen molar-refractivity contribution in [3.8, 4) is 20.9 Å². The van der Waals surface area contributed by atoms with Crippen LogP contribution in [0.25, 0.3) is 50.7 Å². The largest absolute Gasteiger partial charge is 0.357 e. The lowest BCUT2D eigenvalue weighted by atomic mass is 10.0. The maximum atomic E-state index is 12.9. The van der Waals surface area contributed by atoms with E-state index in [4.69, 9.17) is 0 Å². The van der Waals surface area contributed by atoms with E-state index < -0.39 is 21.2 Å². The third kappa shape index (κ3) is 9.52. The lowest BCUT2D eigenvalue weighted by molar-refractivity contribution is -0.421. The Kier molecular flexibility index (Phi) is 14.8. The normalized spacial score (nSPS) is 11.9. The Bertz CT molecular complexity index is 1980. The predicted molar refractivity (Wildman–Crippen MR) is 230 cm³/mol. The van der Waals surface area contributed by atoms with Crippen molar-refractivity contribution in [3.63, 3.8) is 0 Å². The fraction of sp³-hybridized carbons (Fsp3) is 0.550. The quantitative estimate of drug-likeness (QED) is 0.0342. The minimum atomic E-state index is -0.585. The Morgan fingerprint density at radius 1 is 0.547 bits per heavy atom. The number of nitrogens with zero attached hydrogens (tertiary/aromatic N) is 4. The average molecular weight is 811 g/mol. The van der Waals surface area contributed by atoms with Gasteiger partial charge < -0.3 is 0 Å². The van der Waals surface area contributed by atoms with E-state index in [1.54, 1.807) is 22.7 Å². The smallest absolute Gasteiger partial charge is 0.258 e. The van der Waals surface area contributed by atoms with Crippen molar-refractivity contribution in [3.05, 3.63) is 54.2 Å². The Hall–Kier alpha value is -2.84. The Balaban J connectivity index is 1.23. The van der Waals surface area contributed by atoms with Gasteiger partial charge in [0, 0.05) is 28.6 Å². The van der Waals surface area contributed by atoms with E-state index in [0.717, 1.165) is 56.2 Å². The fourth-order valence-corrected chi connectivity index (χ4v) is 12.9. The molecule has 0 saturated carbocycles. The molecule has 0 atom stereocenters. The number of unbranched alkanes of at least 4 members (excludes halogenated alkanes) is 16. The molecule has 8 nitrogen and oxygen atoms in total. The first-order valence-corrected chi connectivity index (χ1v) is 23.7. The molecule has 13 heteroatoms. The molecule has 0 bridgehead atoms. The van der Waals surface area contributed by atoms with Crippen molar-refractivity contribution in [2.24, 2.45) is 0 Å². The van der Waals surface area contributed by atoms with Crippen LogP contribution in [0.1, 0.15) is 141 Å². The molecular weight excluding hydrogens is 761 g/mol. The number of nitro benzene ring substituents is 2. The van der Waals surface area contributed by atoms with E-state index in [9.17, 15) is 20.2 Å². The fourth-order valence-electron chi connectivity index (χ4n) is 7.39. The summed E-state index contributed by atoms with van der Waals surface area (Å²) >= 11 is 7.19. The highest BCUT2D eigenvalue weighted by molar-refractivity contribution is 7.30. The van der Waals surface area contributed by atoms with Crippen molar-refractivity contribution < 1.29 is 9.85 Å². The van der Waals surface area contributed by atoms with Gasteiger partial charge in [0.15, 0.2) is 0 Å². The molecule has 0 unspecified atom stereocenters. The van der Waals surface area contributed by atoms with E-state index >= 15 is 0 Å². The van der Waals surface area contributed by atoms with Crippen LogP contribution < -0.4 is 0 Å². The standard InChI is InChI=1S/C40H50N4O4S5/c1-3-5-7-9-11-13-15-17-19-21-27-25-49-31-23-29(51-39(27)31)33-35-36(42-53-41-35)34(38(44(47)48)37(33)43(45)46)30-24-32-40(52-30)28(26-50-32)22-20-18-16-14-12-10-8-6-4-2/h23-26H,3-22H2,1-2H3. The summed E-state index contributed by atoms with van der Waals surface area (Å²) < 4.78 is 13.5. The molecule has 6 aromatic rings. The van der Waals surface area contributed by atoms with E-state index in [2.05, 4.69) is 33.4 Å². The predicted octanol–water partition coefficient (Wildman–Crippen LogP) is 15.5. The summed E-state index contributed by atoms with van der Waals surface area (Å²) in [6.07, 6.45) is 24.7. The van der Waals surface area contributed by atoms with Gasteiger partial charge in [-0.25, -0.2) is 0 Å².